The molecule has 0 spiro atoms. The van der Waals surface area contributed by atoms with E-state index >= 15 is 0 Å². The highest BCUT2D eigenvalue weighted by Crippen LogP contribution is 2.20. The van der Waals surface area contributed by atoms with Crippen molar-refractivity contribution in [3.05, 3.63) is 35.9 Å². The zero-order chi connectivity index (χ0) is 15.1. The molecule has 3 unspecified atom stereocenters. The first-order chi connectivity index (χ1) is 10.2. The summed E-state index contributed by atoms with van der Waals surface area (Å²) in [4.78, 5) is 0. The molecule has 5 nitrogen and oxygen atoms in total. The standard InChI is InChI=1S/C16H25N3O2/c17-16(19-21)13(12-7-3-1-4-8-12)11-18-14-9-5-2-6-10-15(14)20/h1,3-4,7-8,13-15,18,20-21H,2,5-6,9-11H2,(H2,17,19). The van der Waals surface area contributed by atoms with Crippen LogP contribution in [-0.4, -0.2) is 34.8 Å². The average Bonchev–Trinajstić information content (AvgIpc) is 2.73. The number of nitrogens with two attached hydrogens (primary N) is 1. The summed E-state index contributed by atoms with van der Waals surface area (Å²) in [6.45, 7) is 0.557. The molecule has 0 amide bonds. The molecule has 1 aliphatic rings. The fourth-order valence-corrected chi connectivity index (χ4v) is 2.94. The molecule has 1 fully saturated rings. The van der Waals surface area contributed by atoms with Crippen LogP contribution in [0.15, 0.2) is 35.5 Å². The minimum absolute atomic E-state index is 0.0882. The smallest absolute Gasteiger partial charge is 0.147 e. The Labute approximate surface area is 125 Å². The Bertz CT molecular complexity index is 450. The maximum absolute atomic E-state index is 10.2. The highest BCUT2D eigenvalue weighted by molar-refractivity contribution is 5.87. The third-order valence-electron chi connectivity index (χ3n) is 4.24. The molecule has 0 aliphatic heterocycles. The predicted octanol–water partition coefficient (Wildman–Crippen LogP) is 1.80. The molecule has 0 aromatic heterocycles. The van der Waals surface area contributed by atoms with Crippen molar-refractivity contribution in [1.29, 1.82) is 0 Å². The van der Waals surface area contributed by atoms with Gasteiger partial charge in [0, 0.05) is 12.6 Å². The number of hydrogen-bond donors (Lipinski definition) is 4. The maximum Gasteiger partial charge on any atom is 0.147 e. The summed E-state index contributed by atoms with van der Waals surface area (Å²) in [5.74, 6) is 0.00321. The fraction of sp³-hybridized carbons (Fsp3) is 0.562. The van der Waals surface area contributed by atoms with Gasteiger partial charge in [0.15, 0.2) is 0 Å². The van der Waals surface area contributed by atoms with E-state index in [0.717, 1.165) is 31.2 Å². The van der Waals surface area contributed by atoms with E-state index in [1.54, 1.807) is 0 Å². The first-order valence-electron chi connectivity index (χ1n) is 7.66. The van der Waals surface area contributed by atoms with Crippen LogP contribution in [0.3, 0.4) is 0 Å². The number of oxime groups is 1. The molecule has 3 atom stereocenters. The third-order valence-corrected chi connectivity index (χ3v) is 4.24. The minimum atomic E-state index is -0.309. The number of benzene rings is 1. The summed E-state index contributed by atoms with van der Waals surface area (Å²) < 4.78 is 0. The number of amidine groups is 1. The Hall–Kier alpha value is -1.59. The molecule has 5 heteroatoms. The van der Waals surface area contributed by atoms with Crippen LogP contribution in [0, 0.1) is 0 Å². The van der Waals surface area contributed by atoms with Gasteiger partial charge in [-0.15, -0.1) is 0 Å². The van der Waals surface area contributed by atoms with Crippen molar-refractivity contribution in [3.63, 3.8) is 0 Å². The van der Waals surface area contributed by atoms with Crippen molar-refractivity contribution in [1.82, 2.24) is 5.32 Å². The van der Waals surface area contributed by atoms with Gasteiger partial charge in [-0.05, 0) is 18.4 Å². The molecule has 21 heavy (non-hydrogen) atoms. The van der Waals surface area contributed by atoms with Crippen molar-refractivity contribution < 1.29 is 10.3 Å². The molecule has 0 heterocycles. The van der Waals surface area contributed by atoms with Crippen LogP contribution in [0.4, 0.5) is 0 Å². The molecule has 2 rings (SSSR count). The van der Waals surface area contributed by atoms with Crippen LogP contribution >= 0.6 is 0 Å². The molecule has 116 valence electrons. The van der Waals surface area contributed by atoms with Gasteiger partial charge in [-0.2, -0.15) is 0 Å². The summed E-state index contributed by atoms with van der Waals surface area (Å²) in [6, 6.07) is 9.84. The molecular formula is C16H25N3O2. The van der Waals surface area contributed by atoms with Gasteiger partial charge < -0.3 is 21.4 Å². The van der Waals surface area contributed by atoms with Crippen LogP contribution < -0.4 is 11.1 Å². The van der Waals surface area contributed by atoms with Gasteiger partial charge in [-0.3, -0.25) is 0 Å². The van der Waals surface area contributed by atoms with E-state index < -0.39 is 0 Å². The topological polar surface area (TPSA) is 90.9 Å². The lowest BCUT2D eigenvalue weighted by molar-refractivity contribution is 0.120. The van der Waals surface area contributed by atoms with Crippen molar-refractivity contribution in [2.24, 2.45) is 10.9 Å². The SMILES string of the molecule is N/C(=N/O)C(CNC1CCCCCC1O)c1ccccc1. The lowest BCUT2D eigenvalue weighted by Gasteiger charge is -2.25. The lowest BCUT2D eigenvalue weighted by Crippen LogP contribution is -2.43. The monoisotopic (exact) mass is 291 g/mol. The molecule has 1 aliphatic carbocycles. The summed E-state index contributed by atoms with van der Waals surface area (Å²) in [6.07, 6.45) is 4.90. The summed E-state index contributed by atoms with van der Waals surface area (Å²) >= 11 is 0. The zero-order valence-corrected chi connectivity index (χ0v) is 12.3. The Morgan fingerprint density at radius 3 is 2.67 bits per heavy atom. The fourth-order valence-electron chi connectivity index (χ4n) is 2.94. The average molecular weight is 291 g/mol. The molecule has 5 N–H and O–H groups in total. The Balaban J connectivity index is 2.02. The maximum atomic E-state index is 10.2. The number of nitrogens with zero attached hydrogens (tertiary/aromatic N) is 1. The largest absolute Gasteiger partial charge is 0.409 e. The molecule has 0 bridgehead atoms. The van der Waals surface area contributed by atoms with Gasteiger partial charge in [0.2, 0.25) is 0 Å². The number of aliphatic hydroxyl groups is 1. The van der Waals surface area contributed by atoms with E-state index in [-0.39, 0.29) is 23.9 Å². The highest BCUT2D eigenvalue weighted by atomic mass is 16.4. The molecule has 1 aromatic carbocycles. The van der Waals surface area contributed by atoms with Gasteiger partial charge in [-0.25, -0.2) is 0 Å². The van der Waals surface area contributed by atoms with Crippen molar-refractivity contribution in [3.8, 4) is 0 Å². The zero-order valence-electron chi connectivity index (χ0n) is 12.3. The molecule has 1 aromatic rings. The Morgan fingerprint density at radius 2 is 1.95 bits per heavy atom. The van der Waals surface area contributed by atoms with Gasteiger partial charge in [0.05, 0.1) is 12.0 Å². The second kappa shape index (κ2) is 8.00. The Morgan fingerprint density at radius 1 is 1.24 bits per heavy atom. The molecular weight excluding hydrogens is 266 g/mol. The summed E-state index contributed by atoms with van der Waals surface area (Å²) in [5.41, 5.74) is 6.83. The second-order valence-electron chi connectivity index (χ2n) is 5.71. The van der Waals surface area contributed by atoms with Gasteiger partial charge >= 0.3 is 0 Å². The quantitative estimate of drug-likeness (QED) is 0.219. The lowest BCUT2D eigenvalue weighted by atomic mass is 9.96. The van der Waals surface area contributed by atoms with Crippen LogP contribution in [-0.2, 0) is 0 Å². The molecule has 0 radical (unpaired) electrons. The van der Waals surface area contributed by atoms with Crippen molar-refractivity contribution in [2.75, 3.05) is 6.54 Å². The number of aliphatic hydroxyl groups excluding tert-OH is 1. The highest BCUT2D eigenvalue weighted by Gasteiger charge is 2.24. The number of rotatable bonds is 5. The van der Waals surface area contributed by atoms with E-state index in [9.17, 15) is 5.11 Å². The van der Waals surface area contributed by atoms with Crippen molar-refractivity contribution >= 4 is 5.84 Å². The van der Waals surface area contributed by atoms with Gasteiger partial charge in [0.25, 0.3) is 0 Å². The van der Waals surface area contributed by atoms with Crippen LogP contribution in [0.5, 0.6) is 0 Å². The minimum Gasteiger partial charge on any atom is -0.409 e. The van der Waals surface area contributed by atoms with Gasteiger partial charge in [0.1, 0.15) is 5.84 Å². The molecule has 1 saturated carbocycles. The number of nitrogens with one attached hydrogen (secondary N) is 1. The van der Waals surface area contributed by atoms with Crippen LogP contribution in [0.2, 0.25) is 0 Å². The van der Waals surface area contributed by atoms with Crippen LogP contribution in [0.25, 0.3) is 0 Å². The first-order valence-corrected chi connectivity index (χ1v) is 7.66. The summed E-state index contributed by atoms with van der Waals surface area (Å²) in [5, 5.41) is 25.7. The Kier molecular flexibility index (Phi) is 6.02. The van der Waals surface area contributed by atoms with E-state index in [2.05, 4.69) is 10.5 Å². The van der Waals surface area contributed by atoms with E-state index in [4.69, 9.17) is 10.9 Å². The van der Waals surface area contributed by atoms with Gasteiger partial charge in [-0.1, -0.05) is 54.8 Å². The van der Waals surface area contributed by atoms with E-state index in [1.807, 2.05) is 30.3 Å². The number of hydrogen-bond acceptors (Lipinski definition) is 4. The van der Waals surface area contributed by atoms with Crippen LogP contribution in [0.1, 0.15) is 43.6 Å². The van der Waals surface area contributed by atoms with E-state index in [1.165, 1.54) is 6.42 Å². The third kappa shape index (κ3) is 4.44. The first kappa shape index (κ1) is 15.8. The van der Waals surface area contributed by atoms with Crippen molar-refractivity contribution in [2.45, 2.75) is 50.2 Å². The predicted molar refractivity (Wildman–Crippen MR) is 83.5 cm³/mol. The normalized spacial score (nSPS) is 25.3. The van der Waals surface area contributed by atoms with E-state index in [0.29, 0.717) is 6.54 Å². The molecule has 0 saturated heterocycles. The summed E-state index contributed by atoms with van der Waals surface area (Å²) in [7, 11) is 0. The second-order valence-corrected chi connectivity index (χ2v) is 5.71.